The molecule has 0 spiro atoms. The van der Waals surface area contributed by atoms with Crippen LogP contribution in [0.5, 0.6) is 5.75 Å². The number of nitrogens with zero attached hydrogens (tertiary/aromatic N) is 1. The van der Waals surface area contributed by atoms with Crippen LogP contribution in [-0.4, -0.2) is 27.5 Å². The van der Waals surface area contributed by atoms with Gasteiger partial charge in [0.25, 0.3) is 10.0 Å². The number of benzene rings is 2. The standard InChI is InChI=1S/C19H22N2O4S/c1-12-9-13(2)19(14(3)10-12)26(23,24)20-16-5-6-17-18(11-16)25-8-7-21(17)15(4)22/h5-6,9-11,20H,7-8H2,1-4H3. The number of aryl methyl sites for hydroxylation is 3. The average molecular weight is 374 g/mol. The van der Waals surface area contributed by atoms with Gasteiger partial charge in [0.2, 0.25) is 5.91 Å². The number of sulfonamides is 1. The lowest BCUT2D eigenvalue weighted by molar-refractivity contribution is -0.116. The topological polar surface area (TPSA) is 75.7 Å². The van der Waals surface area contributed by atoms with E-state index in [-0.39, 0.29) is 10.8 Å². The summed E-state index contributed by atoms with van der Waals surface area (Å²) in [6.07, 6.45) is 0. The van der Waals surface area contributed by atoms with Crippen LogP contribution in [0.25, 0.3) is 0 Å². The molecule has 3 rings (SSSR count). The highest BCUT2D eigenvalue weighted by atomic mass is 32.2. The van der Waals surface area contributed by atoms with Gasteiger partial charge in [-0.05, 0) is 44.0 Å². The van der Waals surface area contributed by atoms with Crippen LogP contribution in [0.2, 0.25) is 0 Å². The van der Waals surface area contributed by atoms with E-state index in [1.807, 2.05) is 19.1 Å². The molecule has 1 aliphatic rings. The molecule has 0 radical (unpaired) electrons. The van der Waals surface area contributed by atoms with Gasteiger partial charge in [0.1, 0.15) is 12.4 Å². The van der Waals surface area contributed by atoms with Crippen LogP contribution >= 0.6 is 0 Å². The number of fused-ring (bicyclic) bond motifs is 1. The molecule has 0 unspecified atom stereocenters. The van der Waals surface area contributed by atoms with E-state index in [1.165, 1.54) is 6.92 Å². The SMILES string of the molecule is CC(=O)N1CCOc2cc(NS(=O)(=O)c3c(C)cc(C)cc3C)ccc21. The molecule has 1 amide bonds. The molecule has 0 aliphatic carbocycles. The zero-order valence-corrected chi connectivity index (χ0v) is 16.1. The maximum Gasteiger partial charge on any atom is 0.262 e. The molecule has 0 aromatic heterocycles. The summed E-state index contributed by atoms with van der Waals surface area (Å²) in [5.74, 6) is 0.415. The number of hydrogen-bond donors (Lipinski definition) is 1. The summed E-state index contributed by atoms with van der Waals surface area (Å²) in [6, 6.07) is 8.65. The highest BCUT2D eigenvalue weighted by Gasteiger charge is 2.24. The Bertz CT molecular complexity index is 960. The minimum Gasteiger partial charge on any atom is -0.489 e. The summed E-state index contributed by atoms with van der Waals surface area (Å²) in [6.45, 7) is 7.86. The Balaban J connectivity index is 1.96. The number of ether oxygens (including phenoxy) is 1. The quantitative estimate of drug-likeness (QED) is 0.895. The number of rotatable bonds is 3. The van der Waals surface area contributed by atoms with E-state index in [4.69, 9.17) is 4.74 Å². The number of hydrogen-bond acceptors (Lipinski definition) is 4. The molecule has 2 aromatic rings. The Morgan fingerprint density at radius 1 is 1.12 bits per heavy atom. The molecule has 0 bridgehead atoms. The zero-order valence-electron chi connectivity index (χ0n) is 15.3. The second-order valence-electron chi connectivity index (χ2n) is 6.53. The molecule has 1 aliphatic heterocycles. The first-order valence-electron chi connectivity index (χ1n) is 8.34. The van der Waals surface area contributed by atoms with Crippen molar-refractivity contribution in [2.75, 3.05) is 22.8 Å². The number of nitrogens with one attached hydrogen (secondary N) is 1. The number of anilines is 2. The third kappa shape index (κ3) is 3.39. The molecular weight excluding hydrogens is 352 g/mol. The summed E-state index contributed by atoms with van der Waals surface area (Å²) in [7, 11) is -3.73. The number of amides is 1. The molecule has 0 fully saturated rings. The van der Waals surface area contributed by atoms with E-state index >= 15 is 0 Å². The maximum atomic E-state index is 12.9. The normalized spacial score (nSPS) is 13.8. The summed E-state index contributed by atoms with van der Waals surface area (Å²) in [5.41, 5.74) is 3.47. The molecule has 0 atom stereocenters. The highest BCUT2D eigenvalue weighted by molar-refractivity contribution is 7.92. The van der Waals surface area contributed by atoms with E-state index in [1.54, 1.807) is 36.9 Å². The molecule has 1 N–H and O–H groups in total. The smallest absolute Gasteiger partial charge is 0.262 e. The van der Waals surface area contributed by atoms with E-state index in [0.717, 1.165) is 5.56 Å². The van der Waals surface area contributed by atoms with Crippen molar-refractivity contribution in [2.24, 2.45) is 0 Å². The highest BCUT2D eigenvalue weighted by Crippen LogP contribution is 2.35. The molecule has 7 heteroatoms. The summed E-state index contributed by atoms with van der Waals surface area (Å²) >= 11 is 0. The molecule has 2 aromatic carbocycles. The van der Waals surface area contributed by atoms with Crippen LogP contribution in [-0.2, 0) is 14.8 Å². The average Bonchev–Trinajstić information content (AvgIpc) is 2.52. The van der Waals surface area contributed by atoms with Gasteiger partial charge in [-0.15, -0.1) is 0 Å². The van der Waals surface area contributed by atoms with Crippen LogP contribution in [0.4, 0.5) is 11.4 Å². The van der Waals surface area contributed by atoms with Gasteiger partial charge in [0.15, 0.2) is 0 Å². The zero-order chi connectivity index (χ0) is 19.1. The molecule has 0 saturated carbocycles. The van der Waals surface area contributed by atoms with Crippen molar-refractivity contribution in [3.8, 4) is 5.75 Å². The van der Waals surface area contributed by atoms with Gasteiger partial charge in [-0.3, -0.25) is 9.52 Å². The molecule has 0 saturated heterocycles. The van der Waals surface area contributed by atoms with E-state index in [9.17, 15) is 13.2 Å². The summed E-state index contributed by atoms with van der Waals surface area (Å²) in [4.78, 5) is 13.6. The monoisotopic (exact) mass is 374 g/mol. The lowest BCUT2D eigenvalue weighted by atomic mass is 10.1. The first-order chi connectivity index (χ1) is 12.2. The molecule has 1 heterocycles. The second-order valence-corrected chi connectivity index (χ2v) is 8.15. The first kappa shape index (κ1) is 18.3. The maximum absolute atomic E-state index is 12.9. The molecule has 138 valence electrons. The van der Waals surface area contributed by atoms with Gasteiger partial charge in [-0.25, -0.2) is 8.42 Å². The molecular formula is C19H22N2O4S. The third-order valence-corrected chi connectivity index (χ3v) is 6.01. The minimum atomic E-state index is -3.73. The second kappa shape index (κ2) is 6.64. The minimum absolute atomic E-state index is 0.0752. The van der Waals surface area contributed by atoms with Crippen molar-refractivity contribution in [1.29, 1.82) is 0 Å². The van der Waals surface area contributed by atoms with E-state index in [2.05, 4.69) is 4.72 Å². The van der Waals surface area contributed by atoms with Crippen LogP contribution in [0, 0.1) is 20.8 Å². The lowest BCUT2D eigenvalue weighted by Gasteiger charge is -2.29. The van der Waals surface area contributed by atoms with Crippen LogP contribution in [0.3, 0.4) is 0 Å². The van der Waals surface area contributed by atoms with Crippen LogP contribution in [0.1, 0.15) is 23.6 Å². The predicted octanol–water partition coefficient (Wildman–Crippen LogP) is 3.16. The van der Waals surface area contributed by atoms with Gasteiger partial charge in [0.05, 0.1) is 22.8 Å². The Morgan fingerprint density at radius 3 is 2.38 bits per heavy atom. The van der Waals surface area contributed by atoms with Crippen molar-refractivity contribution >= 4 is 27.3 Å². The van der Waals surface area contributed by atoms with Gasteiger partial charge in [-0.1, -0.05) is 17.7 Å². The first-order valence-corrected chi connectivity index (χ1v) is 9.83. The van der Waals surface area contributed by atoms with Gasteiger partial charge in [-0.2, -0.15) is 0 Å². The molecule has 26 heavy (non-hydrogen) atoms. The number of carbonyl (C=O) groups is 1. The Morgan fingerprint density at radius 2 is 1.77 bits per heavy atom. The van der Waals surface area contributed by atoms with Crippen molar-refractivity contribution in [3.63, 3.8) is 0 Å². The van der Waals surface area contributed by atoms with Crippen LogP contribution < -0.4 is 14.4 Å². The van der Waals surface area contributed by atoms with E-state index in [0.29, 0.717) is 41.4 Å². The van der Waals surface area contributed by atoms with Gasteiger partial charge >= 0.3 is 0 Å². The third-order valence-electron chi connectivity index (χ3n) is 4.33. The Labute approximate surface area is 153 Å². The van der Waals surface area contributed by atoms with Crippen molar-refractivity contribution in [2.45, 2.75) is 32.6 Å². The predicted molar refractivity (Wildman–Crippen MR) is 101 cm³/mol. The fraction of sp³-hybridized carbons (Fsp3) is 0.316. The lowest BCUT2D eigenvalue weighted by Crippen LogP contribution is -2.36. The van der Waals surface area contributed by atoms with Crippen molar-refractivity contribution < 1.29 is 17.9 Å². The van der Waals surface area contributed by atoms with Crippen LogP contribution in [0.15, 0.2) is 35.2 Å². The van der Waals surface area contributed by atoms with E-state index < -0.39 is 10.0 Å². The van der Waals surface area contributed by atoms with Crippen molar-refractivity contribution in [3.05, 3.63) is 47.0 Å². The van der Waals surface area contributed by atoms with Gasteiger partial charge < -0.3 is 9.64 Å². The fourth-order valence-electron chi connectivity index (χ4n) is 3.41. The summed E-state index contributed by atoms with van der Waals surface area (Å²) in [5, 5.41) is 0. The fourth-order valence-corrected chi connectivity index (χ4v) is 4.91. The molecule has 6 nitrogen and oxygen atoms in total. The largest absolute Gasteiger partial charge is 0.489 e. The van der Waals surface area contributed by atoms with Gasteiger partial charge in [0, 0.05) is 13.0 Å². The Kier molecular flexibility index (Phi) is 4.66. The van der Waals surface area contributed by atoms with Crippen molar-refractivity contribution in [1.82, 2.24) is 0 Å². The number of carbonyl (C=O) groups excluding carboxylic acids is 1. The summed E-state index contributed by atoms with van der Waals surface area (Å²) < 4.78 is 34.0. The Hall–Kier alpha value is -2.54.